The molecule has 0 fully saturated rings. The fraction of sp³-hybridized carbons (Fsp3) is 0.0952. The van der Waals surface area contributed by atoms with E-state index in [0.29, 0.717) is 11.4 Å². The van der Waals surface area contributed by atoms with Gasteiger partial charge in [-0.1, -0.05) is 18.2 Å². The Hall–Kier alpha value is -4.47. The molecule has 0 spiro atoms. The van der Waals surface area contributed by atoms with Gasteiger partial charge in [-0.3, -0.25) is 25.0 Å². The van der Waals surface area contributed by atoms with Crippen molar-refractivity contribution >= 4 is 34.3 Å². The Kier molecular flexibility index (Phi) is 6.10. The van der Waals surface area contributed by atoms with Crippen LogP contribution in [-0.4, -0.2) is 15.8 Å². The molecule has 3 aromatic rings. The Morgan fingerprint density at radius 1 is 0.806 bits per heavy atom. The first-order valence-corrected chi connectivity index (χ1v) is 9.08. The molecule has 0 heterocycles. The molecule has 10 heteroatoms. The normalized spacial score (nSPS) is 10.8. The summed E-state index contributed by atoms with van der Waals surface area (Å²) < 4.78 is 0. The van der Waals surface area contributed by atoms with Gasteiger partial charge in [-0.2, -0.15) is 10.2 Å². The number of anilines is 1. The monoisotopic (exact) mass is 419 g/mol. The summed E-state index contributed by atoms with van der Waals surface area (Å²) in [6.07, 6.45) is 0. The second-order valence-electron chi connectivity index (χ2n) is 6.69. The van der Waals surface area contributed by atoms with Crippen molar-refractivity contribution in [3.05, 3.63) is 97.6 Å². The Bertz CT molecular complexity index is 1190. The van der Waals surface area contributed by atoms with Crippen molar-refractivity contribution < 1.29 is 14.6 Å². The standard InChI is InChI=1S/C21H17N5O5/c1-13-5-3-4-6-19(13)23-24-20-8-7-16(9-14(20)2)22-21(27)15-10-17(25(28)29)12-18(11-15)26(30)31/h3-12H,1-2H3,(H,22,27). The third-order valence-electron chi connectivity index (χ3n) is 4.42. The first kappa shape index (κ1) is 21.2. The van der Waals surface area contributed by atoms with Crippen LogP contribution in [0.4, 0.5) is 28.4 Å². The predicted molar refractivity (Wildman–Crippen MR) is 114 cm³/mol. The number of nitrogens with one attached hydrogen (secondary N) is 1. The number of aryl methyl sites for hydroxylation is 2. The van der Waals surface area contributed by atoms with E-state index in [4.69, 9.17) is 0 Å². The van der Waals surface area contributed by atoms with Crippen molar-refractivity contribution in [2.45, 2.75) is 13.8 Å². The number of nitro benzene ring substituents is 2. The van der Waals surface area contributed by atoms with Gasteiger partial charge in [-0.05, 0) is 49.2 Å². The van der Waals surface area contributed by atoms with Crippen LogP contribution in [0.15, 0.2) is 70.9 Å². The number of nitrogens with zero attached hydrogens (tertiary/aromatic N) is 4. The van der Waals surface area contributed by atoms with Crippen molar-refractivity contribution in [2.24, 2.45) is 10.2 Å². The van der Waals surface area contributed by atoms with Crippen molar-refractivity contribution in [1.29, 1.82) is 0 Å². The number of benzene rings is 3. The highest BCUT2D eigenvalue weighted by molar-refractivity contribution is 6.05. The van der Waals surface area contributed by atoms with E-state index in [1.54, 1.807) is 25.1 Å². The van der Waals surface area contributed by atoms with Gasteiger partial charge >= 0.3 is 0 Å². The topological polar surface area (TPSA) is 140 Å². The smallest absolute Gasteiger partial charge is 0.277 e. The number of hydrogen-bond donors (Lipinski definition) is 1. The van der Waals surface area contributed by atoms with Crippen LogP contribution in [0.2, 0.25) is 0 Å². The molecule has 0 unspecified atom stereocenters. The highest BCUT2D eigenvalue weighted by Gasteiger charge is 2.20. The fourth-order valence-electron chi connectivity index (χ4n) is 2.77. The molecule has 1 amide bonds. The number of amides is 1. The van der Waals surface area contributed by atoms with Crippen molar-refractivity contribution in [3.8, 4) is 0 Å². The van der Waals surface area contributed by atoms with Crippen LogP contribution < -0.4 is 5.32 Å². The van der Waals surface area contributed by atoms with Gasteiger partial charge < -0.3 is 5.32 Å². The number of non-ortho nitro benzene ring substituents is 2. The molecular weight excluding hydrogens is 402 g/mol. The van der Waals surface area contributed by atoms with Crippen LogP contribution in [0.5, 0.6) is 0 Å². The third-order valence-corrected chi connectivity index (χ3v) is 4.42. The zero-order chi connectivity index (χ0) is 22.5. The van der Waals surface area contributed by atoms with Crippen LogP contribution in [-0.2, 0) is 0 Å². The lowest BCUT2D eigenvalue weighted by Crippen LogP contribution is -2.12. The van der Waals surface area contributed by atoms with Crippen LogP contribution >= 0.6 is 0 Å². The predicted octanol–water partition coefficient (Wildman–Crippen LogP) is 5.79. The van der Waals surface area contributed by atoms with Crippen LogP contribution in [0.3, 0.4) is 0 Å². The Labute approximate surface area is 176 Å². The van der Waals surface area contributed by atoms with E-state index in [1.165, 1.54) is 0 Å². The second kappa shape index (κ2) is 8.91. The summed E-state index contributed by atoms with van der Waals surface area (Å²) >= 11 is 0. The lowest BCUT2D eigenvalue weighted by atomic mass is 10.1. The quantitative estimate of drug-likeness (QED) is 0.306. The van der Waals surface area contributed by atoms with Gasteiger partial charge in [0, 0.05) is 17.8 Å². The second-order valence-corrected chi connectivity index (χ2v) is 6.69. The SMILES string of the molecule is Cc1ccccc1N=Nc1ccc(NC(=O)c2cc([N+](=O)[O-])cc([N+](=O)[O-])c2)cc1C. The molecule has 0 atom stereocenters. The maximum Gasteiger partial charge on any atom is 0.277 e. The van der Waals surface area contributed by atoms with E-state index >= 15 is 0 Å². The summed E-state index contributed by atoms with van der Waals surface area (Å²) in [4.78, 5) is 32.9. The summed E-state index contributed by atoms with van der Waals surface area (Å²) in [5.74, 6) is -0.708. The highest BCUT2D eigenvalue weighted by Crippen LogP contribution is 2.27. The van der Waals surface area contributed by atoms with Crippen molar-refractivity contribution in [3.63, 3.8) is 0 Å². The van der Waals surface area contributed by atoms with Crippen LogP contribution in [0.25, 0.3) is 0 Å². The molecule has 0 aromatic heterocycles. The van der Waals surface area contributed by atoms with E-state index < -0.39 is 27.1 Å². The molecule has 3 rings (SSSR count). The Morgan fingerprint density at radius 2 is 1.39 bits per heavy atom. The molecule has 0 aliphatic heterocycles. The number of rotatable bonds is 6. The Morgan fingerprint density at radius 3 is 1.94 bits per heavy atom. The van der Waals surface area contributed by atoms with Crippen molar-refractivity contribution in [1.82, 2.24) is 0 Å². The van der Waals surface area contributed by atoms with E-state index in [0.717, 1.165) is 35.0 Å². The fourth-order valence-corrected chi connectivity index (χ4v) is 2.77. The first-order chi connectivity index (χ1) is 14.7. The van der Waals surface area contributed by atoms with Gasteiger partial charge in [0.2, 0.25) is 0 Å². The van der Waals surface area contributed by atoms with Gasteiger partial charge in [0.15, 0.2) is 0 Å². The highest BCUT2D eigenvalue weighted by atomic mass is 16.6. The molecule has 156 valence electrons. The van der Waals surface area contributed by atoms with Gasteiger partial charge in [-0.15, -0.1) is 0 Å². The summed E-state index contributed by atoms with van der Waals surface area (Å²) in [5, 5.41) is 33.1. The number of carbonyl (C=O) groups is 1. The summed E-state index contributed by atoms with van der Waals surface area (Å²) in [7, 11) is 0. The number of carbonyl (C=O) groups excluding carboxylic acids is 1. The van der Waals surface area contributed by atoms with Gasteiger partial charge in [-0.25, -0.2) is 0 Å². The molecule has 31 heavy (non-hydrogen) atoms. The molecule has 1 N–H and O–H groups in total. The van der Waals surface area contributed by atoms with Gasteiger partial charge in [0.25, 0.3) is 17.3 Å². The third kappa shape index (κ3) is 5.12. The number of azo groups is 1. The molecule has 0 saturated heterocycles. The lowest BCUT2D eigenvalue weighted by Gasteiger charge is -2.08. The van der Waals surface area contributed by atoms with Crippen LogP contribution in [0.1, 0.15) is 21.5 Å². The van der Waals surface area contributed by atoms with Gasteiger partial charge in [0.05, 0.1) is 32.9 Å². The van der Waals surface area contributed by atoms with Gasteiger partial charge in [0.1, 0.15) is 0 Å². The lowest BCUT2D eigenvalue weighted by molar-refractivity contribution is -0.394. The average Bonchev–Trinajstić information content (AvgIpc) is 2.73. The number of nitro groups is 2. The molecule has 3 aromatic carbocycles. The summed E-state index contributed by atoms with van der Waals surface area (Å²) in [6, 6.07) is 15.3. The zero-order valence-electron chi connectivity index (χ0n) is 16.6. The average molecular weight is 419 g/mol. The maximum atomic E-state index is 12.5. The molecular formula is C21H17N5O5. The summed E-state index contributed by atoms with van der Waals surface area (Å²) in [5.41, 5.74) is 2.20. The zero-order valence-corrected chi connectivity index (χ0v) is 16.6. The maximum absolute atomic E-state index is 12.5. The summed E-state index contributed by atoms with van der Waals surface area (Å²) in [6.45, 7) is 3.72. The van der Waals surface area contributed by atoms with E-state index in [1.807, 2.05) is 31.2 Å². The van der Waals surface area contributed by atoms with E-state index in [9.17, 15) is 25.0 Å². The van der Waals surface area contributed by atoms with Crippen LogP contribution in [0, 0.1) is 34.1 Å². The minimum atomic E-state index is -0.790. The molecule has 0 aliphatic carbocycles. The van der Waals surface area contributed by atoms with E-state index in [-0.39, 0.29) is 5.56 Å². The molecule has 10 nitrogen and oxygen atoms in total. The molecule has 0 saturated carbocycles. The Balaban J connectivity index is 1.81. The minimum Gasteiger partial charge on any atom is -0.322 e. The largest absolute Gasteiger partial charge is 0.322 e. The first-order valence-electron chi connectivity index (χ1n) is 9.08. The number of hydrogen-bond acceptors (Lipinski definition) is 7. The molecule has 0 aliphatic rings. The van der Waals surface area contributed by atoms with E-state index in [2.05, 4.69) is 15.5 Å². The van der Waals surface area contributed by atoms with Crippen molar-refractivity contribution in [2.75, 3.05) is 5.32 Å². The minimum absolute atomic E-state index is 0.193. The molecule has 0 radical (unpaired) electrons. The molecule has 0 bridgehead atoms.